The number of carbonyl (C=O) groups is 1. The average Bonchev–Trinajstić information content (AvgIpc) is 3.16. The van der Waals surface area contributed by atoms with Gasteiger partial charge in [-0.15, -0.1) is 0 Å². The topological polar surface area (TPSA) is 77.2 Å². The van der Waals surface area contributed by atoms with E-state index in [1.807, 2.05) is 18.2 Å². The Kier molecular flexibility index (Phi) is 4.90. The lowest BCUT2D eigenvalue weighted by Gasteiger charge is -2.10. The van der Waals surface area contributed by atoms with Gasteiger partial charge < -0.3 is 14.5 Å². The molecule has 0 fully saturated rings. The second-order valence-corrected chi connectivity index (χ2v) is 6.63. The van der Waals surface area contributed by atoms with Gasteiger partial charge in [-0.25, -0.2) is 0 Å². The first kappa shape index (κ1) is 18.3. The molecule has 0 aliphatic carbocycles. The summed E-state index contributed by atoms with van der Waals surface area (Å²) in [7, 11) is 1.54. The number of fused-ring (bicyclic) bond motifs is 1. The number of hydrogen-bond donors (Lipinski definition) is 1. The minimum atomic E-state index is -0.393. The second-order valence-electron chi connectivity index (χ2n) is 5.82. The summed E-state index contributed by atoms with van der Waals surface area (Å²) < 4.78 is 11.3. The van der Waals surface area contributed by atoms with Crippen molar-refractivity contribution in [3.8, 4) is 17.2 Å². The molecule has 0 radical (unpaired) electrons. The molecule has 1 N–H and O–H groups in total. The smallest absolute Gasteiger partial charge is 0.256 e. The number of benzene rings is 1. The van der Waals surface area contributed by atoms with E-state index in [0.717, 1.165) is 0 Å². The molecule has 0 aliphatic rings. The van der Waals surface area contributed by atoms with Crippen LogP contribution < -0.4 is 10.1 Å². The van der Waals surface area contributed by atoms with Gasteiger partial charge in [0.2, 0.25) is 0 Å². The monoisotopic (exact) mass is 413 g/mol. The van der Waals surface area contributed by atoms with Crippen molar-refractivity contribution < 1.29 is 13.9 Å². The van der Waals surface area contributed by atoms with E-state index >= 15 is 0 Å². The molecule has 6 nitrogen and oxygen atoms in total. The van der Waals surface area contributed by atoms with Crippen LogP contribution >= 0.6 is 23.2 Å². The van der Waals surface area contributed by atoms with Crippen molar-refractivity contribution in [1.82, 2.24) is 9.97 Å². The highest BCUT2D eigenvalue weighted by atomic mass is 35.5. The molecule has 4 rings (SSSR count). The molecule has 0 aliphatic heterocycles. The Morgan fingerprint density at radius 1 is 1.14 bits per heavy atom. The van der Waals surface area contributed by atoms with Crippen LogP contribution in [-0.4, -0.2) is 23.0 Å². The van der Waals surface area contributed by atoms with Crippen LogP contribution in [0.15, 0.2) is 59.4 Å². The fraction of sp³-hybridized carbons (Fsp3) is 0.0500. The number of nitrogens with zero attached hydrogens (tertiary/aromatic N) is 2. The zero-order valence-corrected chi connectivity index (χ0v) is 16.1. The molecule has 28 heavy (non-hydrogen) atoms. The van der Waals surface area contributed by atoms with Crippen LogP contribution in [0.3, 0.4) is 0 Å². The predicted octanol–water partition coefficient (Wildman–Crippen LogP) is 5.46. The lowest BCUT2D eigenvalue weighted by molar-refractivity contribution is 0.102. The van der Waals surface area contributed by atoms with Crippen LogP contribution in [0, 0.1) is 0 Å². The average molecular weight is 414 g/mol. The van der Waals surface area contributed by atoms with Crippen molar-refractivity contribution >= 4 is 45.8 Å². The Bertz CT molecular complexity index is 1160. The number of carbonyl (C=O) groups excluding carboxylic acids is 1. The van der Waals surface area contributed by atoms with Crippen LogP contribution in [-0.2, 0) is 0 Å². The first-order chi connectivity index (χ1) is 13.6. The lowest BCUT2D eigenvalue weighted by Crippen LogP contribution is -2.13. The molecule has 0 unspecified atom stereocenters. The number of amides is 1. The van der Waals surface area contributed by atoms with E-state index < -0.39 is 5.91 Å². The van der Waals surface area contributed by atoms with Gasteiger partial charge in [-0.2, -0.15) is 0 Å². The number of halogens is 2. The fourth-order valence-electron chi connectivity index (χ4n) is 2.80. The van der Waals surface area contributed by atoms with E-state index in [9.17, 15) is 4.79 Å². The Morgan fingerprint density at radius 3 is 2.61 bits per heavy atom. The van der Waals surface area contributed by atoms with Crippen molar-refractivity contribution in [2.75, 3.05) is 12.4 Å². The largest absolute Gasteiger partial charge is 0.493 e. The van der Waals surface area contributed by atoms with Gasteiger partial charge in [-0.3, -0.25) is 14.8 Å². The van der Waals surface area contributed by atoms with Gasteiger partial charge in [0, 0.05) is 24.0 Å². The fourth-order valence-corrected chi connectivity index (χ4v) is 3.26. The SMILES string of the molecule is COc1ccc(C(=O)Nc2c(Cl)cncc2Cl)c2cc(-c3ccccn3)oc12. The summed E-state index contributed by atoms with van der Waals surface area (Å²) >= 11 is 12.2. The highest BCUT2D eigenvalue weighted by molar-refractivity contribution is 6.39. The minimum absolute atomic E-state index is 0.243. The number of hydrogen-bond acceptors (Lipinski definition) is 5. The van der Waals surface area contributed by atoms with Gasteiger partial charge >= 0.3 is 0 Å². The van der Waals surface area contributed by atoms with E-state index in [-0.39, 0.29) is 10.0 Å². The van der Waals surface area contributed by atoms with E-state index in [4.69, 9.17) is 32.4 Å². The van der Waals surface area contributed by atoms with Gasteiger partial charge in [-0.1, -0.05) is 29.3 Å². The van der Waals surface area contributed by atoms with Crippen molar-refractivity contribution in [2.45, 2.75) is 0 Å². The molecule has 1 amide bonds. The number of methoxy groups -OCH3 is 1. The third-order valence-electron chi connectivity index (χ3n) is 4.12. The Labute approximate surface area is 170 Å². The number of aromatic nitrogens is 2. The maximum atomic E-state index is 12.9. The third-order valence-corrected chi connectivity index (χ3v) is 4.69. The van der Waals surface area contributed by atoms with Crippen molar-refractivity contribution in [3.05, 3.63) is 70.6 Å². The van der Waals surface area contributed by atoms with E-state index in [1.165, 1.54) is 19.5 Å². The second kappa shape index (κ2) is 7.50. The number of rotatable bonds is 4. The summed E-state index contributed by atoms with van der Waals surface area (Å²) in [6.45, 7) is 0. The molecule has 0 atom stereocenters. The van der Waals surface area contributed by atoms with Crippen molar-refractivity contribution in [2.24, 2.45) is 0 Å². The molecule has 0 saturated heterocycles. The maximum absolute atomic E-state index is 12.9. The van der Waals surface area contributed by atoms with Crippen molar-refractivity contribution in [3.63, 3.8) is 0 Å². The van der Waals surface area contributed by atoms with Crippen LogP contribution in [0.5, 0.6) is 5.75 Å². The standard InChI is InChI=1S/C20H13Cl2N3O3/c1-27-16-6-5-11(20(26)25-18-13(21)9-23-10-14(18)22)12-8-17(28-19(12)16)15-4-2-3-7-24-15/h2-10H,1H3,(H,23,25,26). The molecule has 8 heteroatoms. The number of pyridine rings is 2. The van der Waals surface area contributed by atoms with Crippen LogP contribution in [0.25, 0.3) is 22.4 Å². The molecule has 4 aromatic rings. The predicted molar refractivity (Wildman–Crippen MR) is 108 cm³/mol. The quantitative estimate of drug-likeness (QED) is 0.480. The van der Waals surface area contributed by atoms with Gasteiger partial charge in [-0.05, 0) is 30.3 Å². The van der Waals surface area contributed by atoms with E-state index in [1.54, 1.807) is 24.4 Å². The summed E-state index contributed by atoms with van der Waals surface area (Å²) in [4.78, 5) is 21.1. The van der Waals surface area contributed by atoms with E-state index in [0.29, 0.717) is 39.4 Å². The zero-order chi connectivity index (χ0) is 19.7. The first-order valence-electron chi connectivity index (χ1n) is 8.20. The van der Waals surface area contributed by atoms with Crippen LogP contribution in [0.4, 0.5) is 5.69 Å². The van der Waals surface area contributed by atoms with Crippen LogP contribution in [0.2, 0.25) is 10.0 Å². The number of nitrogens with one attached hydrogen (secondary N) is 1. The Morgan fingerprint density at radius 2 is 1.93 bits per heavy atom. The molecule has 3 aromatic heterocycles. The summed E-state index contributed by atoms with van der Waals surface area (Å²) in [5.41, 5.74) is 1.77. The van der Waals surface area contributed by atoms with Crippen molar-refractivity contribution in [1.29, 1.82) is 0 Å². The Balaban J connectivity index is 1.81. The van der Waals surface area contributed by atoms with E-state index in [2.05, 4.69) is 15.3 Å². The molecule has 0 saturated carbocycles. The van der Waals surface area contributed by atoms with Crippen LogP contribution in [0.1, 0.15) is 10.4 Å². The highest BCUT2D eigenvalue weighted by Crippen LogP contribution is 2.36. The summed E-state index contributed by atoms with van der Waals surface area (Å²) in [5, 5.41) is 3.80. The highest BCUT2D eigenvalue weighted by Gasteiger charge is 2.20. The number of ether oxygens (including phenoxy) is 1. The molecular weight excluding hydrogens is 401 g/mol. The Hall–Kier alpha value is -3.09. The van der Waals surface area contributed by atoms with Gasteiger partial charge in [0.15, 0.2) is 17.1 Å². The molecular formula is C20H13Cl2N3O3. The van der Waals surface area contributed by atoms with Gasteiger partial charge in [0.1, 0.15) is 5.69 Å². The molecule has 3 heterocycles. The lowest BCUT2D eigenvalue weighted by atomic mass is 10.1. The number of anilines is 1. The minimum Gasteiger partial charge on any atom is -0.493 e. The molecule has 1 aromatic carbocycles. The molecule has 0 bridgehead atoms. The maximum Gasteiger partial charge on any atom is 0.256 e. The number of furan rings is 1. The molecule has 140 valence electrons. The van der Waals surface area contributed by atoms with Gasteiger partial charge in [0.05, 0.1) is 28.4 Å². The summed E-state index contributed by atoms with van der Waals surface area (Å²) in [5.74, 6) is 0.638. The van der Waals surface area contributed by atoms with Gasteiger partial charge in [0.25, 0.3) is 5.91 Å². The summed E-state index contributed by atoms with van der Waals surface area (Å²) in [6.07, 6.45) is 4.48. The zero-order valence-electron chi connectivity index (χ0n) is 14.6. The third kappa shape index (κ3) is 3.28. The normalized spacial score (nSPS) is 10.8. The molecule has 0 spiro atoms. The first-order valence-corrected chi connectivity index (χ1v) is 8.96. The summed E-state index contributed by atoms with van der Waals surface area (Å²) in [6, 6.07) is 10.6.